The molecule has 1 N–H and O–H groups in total. The molecule has 0 saturated carbocycles. The highest BCUT2D eigenvalue weighted by atomic mass is 16.2. The van der Waals surface area contributed by atoms with Crippen molar-refractivity contribution in [1.29, 1.82) is 0 Å². The summed E-state index contributed by atoms with van der Waals surface area (Å²) in [5, 5.41) is 2.72. The Morgan fingerprint density at radius 3 is 2.47 bits per heavy atom. The Hall–Kier alpha value is -1.06. The molecule has 0 aromatic carbocycles. The third kappa shape index (κ3) is 4.32. The largest absolute Gasteiger partial charge is 0.356 e. The topological polar surface area (TPSA) is 49.4 Å². The molecular weight excluding hydrogens is 192 g/mol. The molecule has 1 fully saturated rings. The number of hydrogen-bond donors (Lipinski definition) is 1. The van der Waals surface area contributed by atoms with Crippen LogP contribution in [0.4, 0.5) is 0 Å². The average molecular weight is 212 g/mol. The Kier molecular flexibility index (Phi) is 5.15. The average Bonchev–Trinajstić information content (AvgIpc) is 2.29. The van der Waals surface area contributed by atoms with Crippen molar-refractivity contribution in [1.82, 2.24) is 10.2 Å². The Bertz CT molecular complexity index is 223. The van der Waals surface area contributed by atoms with Crippen LogP contribution in [0, 0.1) is 0 Å². The highest BCUT2D eigenvalue weighted by Gasteiger charge is 2.15. The molecule has 0 unspecified atom stereocenters. The molecule has 1 aliphatic rings. The number of carbonyl (C=O) groups excluding carboxylic acids is 2. The summed E-state index contributed by atoms with van der Waals surface area (Å²) in [6, 6.07) is 0. The minimum Gasteiger partial charge on any atom is -0.356 e. The van der Waals surface area contributed by atoms with Crippen LogP contribution in [0.15, 0.2) is 0 Å². The summed E-state index contributed by atoms with van der Waals surface area (Å²) in [5.74, 6) is 0.188. The first-order chi connectivity index (χ1) is 7.24. The van der Waals surface area contributed by atoms with E-state index in [1.54, 1.807) is 0 Å². The molecule has 1 saturated heterocycles. The maximum atomic E-state index is 11.6. The first-order valence-corrected chi connectivity index (χ1v) is 5.78. The molecule has 0 bridgehead atoms. The number of hydrogen-bond acceptors (Lipinski definition) is 2. The third-order valence-electron chi connectivity index (χ3n) is 2.69. The van der Waals surface area contributed by atoms with Crippen molar-refractivity contribution in [3.8, 4) is 0 Å². The second kappa shape index (κ2) is 6.43. The highest BCUT2D eigenvalue weighted by Crippen LogP contribution is 2.09. The summed E-state index contributed by atoms with van der Waals surface area (Å²) in [4.78, 5) is 24.5. The third-order valence-corrected chi connectivity index (χ3v) is 2.69. The summed E-state index contributed by atoms with van der Waals surface area (Å²) in [5.41, 5.74) is 0. The van der Waals surface area contributed by atoms with Gasteiger partial charge in [0, 0.05) is 32.5 Å². The van der Waals surface area contributed by atoms with Crippen LogP contribution in [0.3, 0.4) is 0 Å². The molecule has 0 radical (unpaired) electrons. The molecule has 0 aliphatic carbocycles. The van der Waals surface area contributed by atoms with Gasteiger partial charge in [-0.2, -0.15) is 0 Å². The fourth-order valence-electron chi connectivity index (χ4n) is 1.74. The van der Waals surface area contributed by atoms with Crippen molar-refractivity contribution in [3.05, 3.63) is 0 Å². The van der Waals surface area contributed by atoms with Crippen LogP contribution in [0.2, 0.25) is 0 Å². The lowest BCUT2D eigenvalue weighted by molar-refractivity contribution is -0.132. The van der Waals surface area contributed by atoms with Crippen molar-refractivity contribution in [2.24, 2.45) is 0 Å². The van der Waals surface area contributed by atoms with Gasteiger partial charge in [-0.05, 0) is 19.3 Å². The molecule has 1 heterocycles. The molecule has 4 nitrogen and oxygen atoms in total. The summed E-state index contributed by atoms with van der Waals surface area (Å²) in [6.45, 7) is 4.06. The first kappa shape index (κ1) is 12.0. The monoisotopic (exact) mass is 212 g/mol. The normalized spacial score (nSPS) is 16.2. The molecule has 0 aromatic heterocycles. The smallest absolute Gasteiger partial charge is 0.224 e. The second-order valence-corrected chi connectivity index (χ2v) is 3.89. The number of amides is 2. The van der Waals surface area contributed by atoms with Gasteiger partial charge in [0.25, 0.3) is 0 Å². The van der Waals surface area contributed by atoms with E-state index in [0.29, 0.717) is 19.4 Å². The van der Waals surface area contributed by atoms with Gasteiger partial charge in [0.15, 0.2) is 0 Å². The lowest BCUT2D eigenvalue weighted by Gasteiger charge is -2.26. The fraction of sp³-hybridized carbons (Fsp3) is 0.818. The van der Waals surface area contributed by atoms with E-state index >= 15 is 0 Å². The first-order valence-electron chi connectivity index (χ1n) is 5.78. The molecule has 86 valence electrons. The lowest BCUT2D eigenvalue weighted by atomic mass is 10.1. The van der Waals surface area contributed by atoms with Gasteiger partial charge in [0.2, 0.25) is 11.8 Å². The van der Waals surface area contributed by atoms with Crippen LogP contribution in [0.5, 0.6) is 0 Å². The summed E-state index contributed by atoms with van der Waals surface area (Å²) >= 11 is 0. The fourth-order valence-corrected chi connectivity index (χ4v) is 1.74. The van der Waals surface area contributed by atoms with Crippen LogP contribution in [0.1, 0.15) is 39.0 Å². The molecule has 0 aromatic rings. The predicted molar refractivity (Wildman–Crippen MR) is 58.3 cm³/mol. The molecule has 2 amide bonds. The van der Waals surface area contributed by atoms with E-state index in [9.17, 15) is 9.59 Å². The summed E-state index contributed by atoms with van der Waals surface area (Å²) in [6.07, 6.45) is 4.39. The molecular formula is C11H20N2O2. The van der Waals surface area contributed by atoms with Gasteiger partial charge >= 0.3 is 0 Å². The van der Waals surface area contributed by atoms with Gasteiger partial charge in [0.05, 0.1) is 0 Å². The Morgan fingerprint density at radius 2 is 1.87 bits per heavy atom. The number of nitrogens with zero attached hydrogens (tertiary/aromatic N) is 1. The number of piperidine rings is 1. The Balaban J connectivity index is 2.14. The van der Waals surface area contributed by atoms with Crippen molar-refractivity contribution < 1.29 is 9.59 Å². The van der Waals surface area contributed by atoms with Gasteiger partial charge < -0.3 is 10.2 Å². The predicted octanol–water partition coefficient (Wildman–Crippen LogP) is 0.915. The number of likely N-dealkylation sites (tertiary alicyclic amines) is 1. The number of rotatable bonds is 4. The van der Waals surface area contributed by atoms with Crippen LogP contribution in [0.25, 0.3) is 0 Å². The zero-order valence-corrected chi connectivity index (χ0v) is 9.42. The quantitative estimate of drug-likeness (QED) is 0.753. The maximum Gasteiger partial charge on any atom is 0.224 e. The van der Waals surface area contributed by atoms with E-state index in [1.165, 1.54) is 6.42 Å². The minimum atomic E-state index is 0.0152. The van der Waals surface area contributed by atoms with E-state index in [1.807, 2.05) is 11.8 Å². The van der Waals surface area contributed by atoms with Crippen LogP contribution < -0.4 is 5.32 Å². The Labute approximate surface area is 91.0 Å². The molecule has 0 spiro atoms. The van der Waals surface area contributed by atoms with Crippen molar-refractivity contribution in [2.75, 3.05) is 19.6 Å². The number of nitrogens with one attached hydrogen (secondary N) is 1. The second-order valence-electron chi connectivity index (χ2n) is 3.89. The lowest BCUT2D eigenvalue weighted by Crippen LogP contribution is -2.37. The van der Waals surface area contributed by atoms with E-state index in [4.69, 9.17) is 0 Å². The summed E-state index contributed by atoms with van der Waals surface area (Å²) < 4.78 is 0. The van der Waals surface area contributed by atoms with Crippen LogP contribution in [-0.2, 0) is 9.59 Å². The standard InChI is InChI=1S/C11H20N2O2/c1-2-10(14)12-7-6-11(15)13-8-4-3-5-9-13/h2-9H2,1H3,(H,12,14). The zero-order chi connectivity index (χ0) is 11.1. The van der Waals surface area contributed by atoms with Gasteiger partial charge in [-0.25, -0.2) is 0 Å². The van der Waals surface area contributed by atoms with Crippen molar-refractivity contribution in [3.63, 3.8) is 0 Å². The van der Waals surface area contributed by atoms with Crippen LogP contribution in [-0.4, -0.2) is 36.3 Å². The van der Waals surface area contributed by atoms with Crippen LogP contribution >= 0.6 is 0 Å². The molecule has 0 atom stereocenters. The van der Waals surface area contributed by atoms with Gasteiger partial charge in [-0.3, -0.25) is 9.59 Å². The van der Waals surface area contributed by atoms with Gasteiger partial charge in [-0.15, -0.1) is 0 Å². The van der Waals surface area contributed by atoms with Crippen molar-refractivity contribution in [2.45, 2.75) is 39.0 Å². The maximum absolute atomic E-state index is 11.6. The van der Waals surface area contributed by atoms with Gasteiger partial charge in [-0.1, -0.05) is 6.92 Å². The number of carbonyl (C=O) groups is 2. The van der Waals surface area contributed by atoms with E-state index in [0.717, 1.165) is 25.9 Å². The SMILES string of the molecule is CCC(=O)NCCC(=O)N1CCCCC1. The minimum absolute atomic E-state index is 0.0152. The Morgan fingerprint density at radius 1 is 1.20 bits per heavy atom. The summed E-state index contributed by atoms with van der Waals surface area (Å²) in [7, 11) is 0. The van der Waals surface area contributed by atoms with Gasteiger partial charge in [0.1, 0.15) is 0 Å². The molecule has 1 rings (SSSR count). The zero-order valence-electron chi connectivity index (χ0n) is 9.42. The molecule has 1 aliphatic heterocycles. The van der Waals surface area contributed by atoms with Crippen molar-refractivity contribution >= 4 is 11.8 Å². The highest BCUT2D eigenvalue weighted by molar-refractivity contribution is 5.78. The van der Waals surface area contributed by atoms with E-state index in [-0.39, 0.29) is 11.8 Å². The molecule has 15 heavy (non-hydrogen) atoms. The van der Waals surface area contributed by atoms with E-state index in [2.05, 4.69) is 5.32 Å². The molecule has 4 heteroatoms. The van der Waals surface area contributed by atoms with E-state index < -0.39 is 0 Å².